The van der Waals surface area contributed by atoms with Gasteiger partial charge in [0.2, 0.25) is 59.0 Å². The number of nitrogens with zero attached hydrogens (tertiary/aromatic N) is 12. The Morgan fingerprint density at radius 2 is 0.556 bits per heavy atom. The first-order chi connectivity index (χ1) is 63.1. The lowest BCUT2D eigenvalue weighted by molar-refractivity contribution is -0.123. The molecule has 6 saturated heterocycles. The first-order valence-electron chi connectivity index (χ1n) is 51.4. The van der Waals surface area contributed by atoms with Crippen LogP contribution in [0.25, 0.3) is 0 Å². The number of amides is 5. The molecule has 0 radical (unpaired) electrons. The number of Topliss-reactive ketones (excluding diaryl/α,β-unsaturated/α-hetero) is 1. The summed E-state index contributed by atoms with van der Waals surface area (Å²) in [6.07, 6.45) is 40.5. The number of aromatic nitrogens is 6. The van der Waals surface area contributed by atoms with E-state index < -0.39 is 0 Å². The third-order valence-corrected chi connectivity index (χ3v) is 28.9. The second-order valence-electron chi connectivity index (χ2n) is 47.3. The van der Waals surface area contributed by atoms with E-state index in [0.717, 1.165) is 206 Å². The second-order valence-corrected chi connectivity index (χ2v) is 47.3. The van der Waals surface area contributed by atoms with Gasteiger partial charge in [0.1, 0.15) is 5.76 Å². The van der Waals surface area contributed by atoms with Crippen molar-refractivity contribution in [1.29, 1.82) is 0 Å². The highest BCUT2D eigenvalue weighted by Gasteiger charge is 2.44. The lowest BCUT2D eigenvalue weighted by atomic mass is 9.88. The Kier molecular flexibility index (Phi) is 35.1. The number of anilines is 5. The molecule has 12 fully saturated rings. The monoisotopic (exact) mass is 1840 g/mol. The zero-order chi connectivity index (χ0) is 95.2. The molecule has 133 heavy (non-hydrogen) atoms. The Bertz CT molecular complexity index is 4670. The van der Waals surface area contributed by atoms with Gasteiger partial charge >= 0.3 is 0 Å². The average Bonchev–Trinajstić information content (AvgIpc) is 1.68. The molecule has 6 aliphatic heterocycles. The van der Waals surface area contributed by atoms with Crippen molar-refractivity contribution in [2.24, 2.45) is 28.6 Å². The van der Waals surface area contributed by atoms with Crippen molar-refractivity contribution in [3.63, 3.8) is 0 Å². The van der Waals surface area contributed by atoms with Gasteiger partial charge in [0.05, 0.1) is 76.8 Å². The molecule has 0 spiro atoms. The van der Waals surface area contributed by atoms with Crippen LogP contribution in [0.3, 0.4) is 0 Å². The molecule has 738 valence electrons. The summed E-state index contributed by atoms with van der Waals surface area (Å²) in [6.45, 7) is 47.6. The number of hydrogen-bond acceptors (Lipinski definition) is 24. The minimum absolute atomic E-state index is 0.00140. The molecule has 6 atom stereocenters. The molecule has 5 amide bonds. The molecule has 0 unspecified atom stereocenters. The smallest absolute Gasteiger partial charge is 0.244 e. The quantitative estimate of drug-likeness (QED) is 0.0376. The highest BCUT2D eigenvalue weighted by molar-refractivity contribution is 5.96. The van der Waals surface area contributed by atoms with Crippen LogP contribution in [0.5, 0.6) is 0 Å². The van der Waals surface area contributed by atoms with Gasteiger partial charge in [0.25, 0.3) is 0 Å². The zero-order valence-corrected chi connectivity index (χ0v) is 84.3. The van der Waals surface area contributed by atoms with Gasteiger partial charge in [-0.15, -0.1) is 0 Å². The number of rotatable bonds is 24. The highest BCUT2D eigenvalue weighted by atomic mass is 16.5. The van der Waals surface area contributed by atoms with Gasteiger partial charge in [-0.05, 0) is 235 Å². The Balaban J connectivity index is 0.000000136. The van der Waals surface area contributed by atoms with E-state index in [1.807, 2.05) is 36.4 Å². The van der Waals surface area contributed by atoms with Gasteiger partial charge in [-0.25, -0.2) is 0 Å². The zero-order valence-electron chi connectivity index (χ0n) is 84.3. The van der Waals surface area contributed by atoms with E-state index in [-0.39, 0.29) is 98.3 Å². The van der Waals surface area contributed by atoms with Crippen molar-refractivity contribution < 1.29 is 55.9 Å². The number of carbonyl (C=O) groups is 6. The molecular formula is C104H165N17O12. The summed E-state index contributed by atoms with van der Waals surface area (Å²) in [4.78, 5) is 89.7. The van der Waals surface area contributed by atoms with Crippen LogP contribution >= 0.6 is 0 Å². The number of ketones is 1. The van der Waals surface area contributed by atoms with Gasteiger partial charge in [0, 0.05) is 95.8 Å². The van der Waals surface area contributed by atoms with E-state index in [1.54, 1.807) is 0 Å². The van der Waals surface area contributed by atoms with Crippen molar-refractivity contribution in [3.8, 4) is 0 Å². The van der Waals surface area contributed by atoms with Crippen molar-refractivity contribution >= 4 is 64.7 Å². The van der Waals surface area contributed by atoms with Gasteiger partial charge < -0.3 is 27.1 Å². The molecular weight excluding hydrogens is 1680 g/mol. The van der Waals surface area contributed by atoms with Crippen molar-refractivity contribution in [2.45, 2.75) is 425 Å². The molecule has 0 bridgehead atoms. The van der Waals surface area contributed by atoms with Gasteiger partial charge in [-0.2, -0.15) is 0 Å². The van der Waals surface area contributed by atoms with E-state index in [0.29, 0.717) is 59.8 Å². The maximum atomic E-state index is 12.8. The highest BCUT2D eigenvalue weighted by Crippen LogP contribution is 2.40. The summed E-state index contributed by atoms with van der Waals surface area (Å²) < 4.78 is 31.8. The van der Waals surface area contributed by atoms with Gasteiger partial charge in [-0.3, -0.25) is 84.8 Å². The summed E-state index contributed by atoms with van der Waals surface area (Å²) >= 11 is 0. The fourth-order valence-electron chi connectivity index (χ4n) is 20.9. The van der Waals surface area contributed by atoms with Crippen LogP contribution in [0.4, 0.5) is 29.4 Å². The Morgan fingerprint density at radius 3 is 0.865 bits per heavy atom. The van der Waals surface area contributed by atoms with E-state index in [2.05, 4.69) is 212 Å². The lowest BCUT2D eigenvalue weighted by Gasteiger charge is -2.37. The van der Waals surface area contributed by atoms with Crippen molar-refractivity contribution in [3.05, 3.63) is 76.3 Å². The van der Waals surface area contributed by atoms with Gasteiger partial charge in [0.15, 0.2) is 5.78 Å². The Morgan fingerprint density at radius 1 is 0.286 bits per heavy atom. The fourth-order valence-corrected chi connectivity index (χ4v) is 20.9. The Labute approximate surface area is 792 Å². The van der Waals surface area contributed by atoms with Crippen LogP contribution in [0.15, 0.2) is 63.5 Å². The molecule has 29 nitrogen and oxygen atoms in total. The number of nitrogens with one attached hydrogen (secondary N) is 5. The van der Waals surface area contributed by atoms with Crippen LogP contribution in [-0.4, -0.2) is 209 Å². The first kappa shape index (κ1) is 102. The molecule has 6 aromatic heterocycles. The van der Waals surface area contributed by atoms with Crippen LogP contribution in [0.2, 0.25) is 0 Å². The fraction of sp³-hybridized carbons (Fsp3) is 0.769. The number of carbonyl (C=O) groups excluding carboxylic acids is 6. The SMILES string of the molecule is CC(C)(C)Cc1cc(NC(=O)[C@@H]2CCCN2C2CCCC2)on1.CC(C)(C)Cc1cc(NC(=O)[C@@H]2CCCN2CC2CC2)on1.CC(C)(C)c1cc(CC(=O)[C@@H]2CCCN2CC2CCCCC2)on1.CC(C)(C)c1cc(NC(=O)[C@@H]2CCCN2C2CCC2)on1.CC(C)(C)c1cc(NC(=O)[C@@H]2CCCN2C2CCCC2)on1.CC(C)(C)c1cc(NC(=O)[C@@H]2CCCN2CC2CC2)on1. The Hall–Kier alpha value is -7.96. The van der Waals surface area contributed by atoms with Gasteiger partial charge in [-0.1, -0.05) is 207 Å². The molecule has 29 heteroatoms. The van der Waals surface area contributed by atoms with Crippen molar-refractivity contribution in [2.75, 3.05) is 85.5 Å². The molecule has 0 aromatic carbocycles. The van der Waals surface area contributed by atoms with E-state index in [1.165, 1.54) is 128 Å². The minimum atomic E-state index is -0.0737. The molecule has 12 heterocycles. The van der Waals surface area contributed by atoms with E-state index >= 15 is 0 Å². The van der Waals surface area contributed by atoms with E-state index in [4.69, 9.17) is 27.1 Å². The molecule has 6 aliphatic carbocycles. The molecule has 12 aliphatic rings. The predicted molar refractivity (Wildman–Crippen MR) is 519 cm³/mol. The maximum absolute atomic E-state index is 12.8. The summed E-state index contributed by atoms with van der Waals surface area (Å²) in [6, 6.07) is 13.0. The normalized spacial score (nSPS) is 23.6. The summed E-state index contributed by atoms with van der Waals surface area (Å²) in [7, 11) is 0. The average molecular weight is 1850 g/mol. The van der Waals surface area contributed by atoms with Crippen LogP contribution in [-0.2, 0) is 69.7 Å². The van der Waals surface area contributed by atoms with Crippen LogP contribution in [0.1, 0.15) is 370 Å². The topological polar surface area (TPSA) is 338 Å². The van der Waals surface area contributed by atoms with E-state index in [9.17, 15) is 28.8 Å². The van der Waals surface area contributed by atoms with Crippen molar-refractivity contribution in [1.82, 2.24) is 60.3 Å². The second kappa shape index (κ2) is 45.6. The number of hydrogen-bond donors (Lipinski definition) is 5. The number of likely N-dealkylation sites (tertiary alicyclic amines) is 6. The minimum Gasteiger partial charge on any atom is -0.361 e. The third-order valence-electron chi connectivity index (χ3n) is 28.9. The predicted octanol–water partition coefficient (Wildman–Crippen LogP) is 19.8. The third kappa shape index (κ3) is 30.5. The summed E-state index contributed by atoms with van der Waals surface area (Å²) in [5, 5.41) is 39.0. The molecule has 18 rings (SSSR count). The summed E-state index contributed by atoms with van der Waals surface area (Å²) in [5.74, 6) is 6.07. The first-order valence-corrected chi connectivity index (χ1v) is 51.4. The maximum Gasteiger partial charge on any atom is 0.244 e. The lowest BCUT2D eigenvalue weighted by Crippen LogP contribution is -2.48. The molecule has 6 saturated carbocycles. The largest absolute Gasteiger partial charge is 0.361 e. The molecule has 6 aromatic rings. The summed E-state index contributed by atoms with van der Waals surface area (Å²) in [5.41, 5.74) is 5.36. The van der Waals surface area contributed by atoms with Crippen LogP contribution < -0.4 is 26.6 Å². The molecule has 5 N–H and O–H groups in total. The van der Waals surface area contributed by atoms with Crippen LogP contribution in [0, 0.1) is 28.6 Å². The standard InChI is InChI=1S/C20H32N2O2.C18H29N3O2.2C17H27N3O2.2C16H25N3O2/c1-20(2,3)19-13-16(24-21-19)12-18(23)17-10-7-11-22(17)14-15-8-5-4-6-9-15;1-18(2,3)12-13-11-16(23-20-13)19-17(22)15-9-6-10-21(15)14-7-4-5-8-14;1-17(2,3)10-13-9-15(22-19-13)18-16(21)14-5-4-8-20(14)11-12-6-7-12;1-17(2,3)14-11-15(22-19-14)18-16(21)13-9-6-10-20(13)12-7-4-5-8-12;1-16(2,3)13-10-14(21-18-13)17-15(20)12-8-5-9-19(12)11-6-4-7-11;1-16(2,3)13-9-14(21-18-13)17-15(20)12-5-4-8-19(12)10-11-6-7-11/h13,15,17H,4-12,14H2,1-3H3;11,14-15H,4-10,12H2,1-3H3,(H,19,22);9,12,14H,4-8,10-11H2,1-3H3,(H,18,21);11-13H,4-10H2,1-3H3,(H,18,21);10-12H,4-9H2,1-3H3,(H,17,20);9,11-12H,4-8,10H2,1-3H3,(H,17,20)/t17-;15-;14-;13-;2*12-/m000000/s1.